The lowest BCUT2D eigenvalue weighted by Gasteiger charge is -1.93. The summed E-state index contributed by atoms with van der Waals surface area (Å²) in [5, 5.41) is 4.63. The molecule has 0 bridgehead atoms. The van der Waals surface area contributed by atoms with Crippen LogP contribution in [0.15, 0.2) is 18.5 Å². The van der Waals surface area contributed by atoms with Crippen LogP contribution in [-0.4, -0.2) is 22.4 Å². The SMILES string of the molecule is Bc1cnn2c(Cl)ccnc12. The molecule has 2 aromatic heterocycles. The molecule has 0 amide bonds. The van der Waals surface area contributed by atoms with E-state index in [4.69, 9.17) is 11.6 Å². The van der Waals surface area contributed by atoms with E-state index in [-0.39, 0.29) is 0 Å². The predicted molar refractivity (Wildman–Crippen MR) is 46.2 cm³/mol. The highest BCUT2D eigenvalue weighted by Gasteiger charge is 2.01. The van der Waals surface area contributed by atoms with E-state index in [1.54, 1.807) is 23.0 Å². The molecule has 11 heavy (non-hydrogen) atoms. The van der Waals surface area contributed by atoms with Gasteiger partial charge in [-0.25, -0.2) is 9.50 Å². The van der Waals surface area contributed by atoms with E-state index in [9.17, 15) is 0 Å². The summed E-state index contributed by atoms with van der Waals surface area (Å²) < 4.78 is 1.61. The molecule has 0 N–H and O–H groups in total. The fourth-order valence-corrected chi connectivity index (χ4v) is 1.16. The van der Waals surface area contributed by atoms with Crippen LogP contribution in [0.5, 0.6) is 0 Å². The van der Waals surface area contributed by atoms with Gasteiger partial charge in [0.05, 0.1) is 0 Å². The number of aromatic nitrogens is 3. The van der Waals surface area contributed by atoms with Crippen molar-refractivity contribution in [3.05, 3.63) is 23.6 Å². The van der Waals surface area contributed by atoms with Crippen molar-refractivity contribution in [1.82, 2.24) is 14.6 Å². The van der Waals surface area contributed by atoms with Gasteiger partial charge in [-0.15, -0.1) is 0 Å². The maximum atomic E-state index is 5.83. The van der Waals surface area contributed by atoms with Crippen LogP contribution >= 0.6 is 11.6 Å². The van der Waals surface area contributed by atoms with Crippen molar-refractivity contribution in [3.8, 4) is 0 Å². The Hall–Kier alpha value is -1.03. The third-order valence-corrected chi connectivity index (χ3v) is 1.82. The minimum absolute atomic E-state index is 0.586. The zero-order valence-electron chi connectivity index (χ0n) is 5.95. The first-order valence-electron chi connectivity index (χ1n) is 3.24. The van der Waals surface area contributed by atoms with Crippen molar-refractivity contribution >= 4 is 30.6 Å². The van der Waals surface area contributed by atoms with E-state index in [2.05, 4.69) is 10.1 Å². The van der Waals surface area contributed by atoms with Gasteiger partial charge in [0.2, 0.25) is 0 Å². The molecule has 0 fully saturated rings. The molecule has 2 aromatic rings. The molecule has 0 radical (unpaired) electrons. The molecule has 0 saturated heterocycles. The van der Waals surface area contributed by atoms with Crippen LogP contribution in [0.4, 0.5) is 0 Å². The van der Waals surface area contributed by atoms with Crippen molar-refractivity contribution in [2.45, 2.75) is 0 Å². The molecule has 0 aliphatic heterocycles. The van der Waals surface area contributed by atoms with E-state index in [1.165, 1.54) is 0 Å². The Labute approximate surface area is 69.4 Å². The maximum Gasteiger partial charge on any atom is 0.150 e. The Kier molecular flexibility index (Phi) is 1.36. The van der Waals surface area contributed by atoms with Gasteiger partial charge in [0, 0.05) is 12.4 Å². The quantitative estimate of drug-likeness (QED) is 0.394. The number of rotatable bonds is 0. The summed E-state index contributed by atoms with van der Waals surface area (Å²) in [4.78, 5) is 4.12. The third-order valence-electron chi connectivity index (χ3n) is 1.53. The fourth-order valence-electron chi connectivity index (χ4n) is 0.977. The summed E-state index contributed by atoms with van der Waals surface area (Å²) in [6.07, 6.45) is 3.42. The van der Waals surface area contributed by atoms with Crippen LogP contribution in [0.2, 0.25) is 5.15 Å². The maximum absolute atomic E-state index is 5.83. The summed E-state index contributed by atoms with van der Waals surface area (Å²) in [6, 6.07) is 1.71. The van der Waals surface area contributed by atoms with Crippen molar-refractivity contribution < 1.29 is 0 Å². The molecule has 54 valence electrons. The first kappa shape index (κ1) is 6.67. The van der Waals surface area contributed by atoms with Gasteiger partial charge in [-0.05, 0) is 11.5 Å². The van der Waals surface area contributed by atoms with Gasteiger partial charge in [-0.2, -0.15) is 5.10 Å². The highest BCUT2D eigenvalue weighted by molar-refractivity contribution is 6.36. The monoisotopic (exact) mass is 165 g/mol. The van der Waals surface area contributed by atoms with Gasteiger partial charge < -0.3 is 0 Å². The van der Waals surface area contributed by atoms with Crippen LogP contribution in [0.1, 0.15) is 0 Å². The van der Waals surface area contributed by atoms with Crippen molar-refractivity contribution in [3.63, 3.8) is 0 Å². The average molecular weight is 165 g/mol. The molecule has 5 heteroatoms. The third kappa shape index (κ3) is 0.904. The molecular formula is C6H5BClN3. The van der Waals surface area contributed by atoms with Crippen molar-refractivity contribution in [2.24, 2.45) is 0 Å². The van der Waals surface area contributed by atoms with Crippen molar-refractivity contribution in [2.75, 3.05) is 0 Å². The number of nitrogens with zero attached hydrogens (tertiary/aromatic N) is 3. The molecule has 0 spiro atoms. The van der Waals surface area contributed by atoms with Gasteiger partial charge in [0.1, 0.15) is 18.6 Å². The van der Waals surface area contributed by atoms with Crippen LogP contribution < -0.4 is 5.46 Å². The van der Waals surface area contributed by atoms with Crippen LogP contribution in [0, 0.1) is 0 Å². The lowest BCUT2D eigenvalue weighted by atomic mass is 10.0. The number of fused-ring (bicyclic) bond motifs is 1. The van der Waals surface area contributed by atoms with Crippen LogP contribution in [-0.2, 0) is 0 Å². The largest absolute Gasteiger partial charge is 0.238 e. The minimum atomic E-state index is 0.586. The Morgan fingerprint density at radius 3 is 3.09 bits per heavy atom. The topological polar surface area (TPSA) is 30.2 Å². The molecule has 3 nitrogen and oxygen atoms in total. The Morgan fingerprint density at radius 1 is 1.55 bits per heavy atom. The first-order valence-corrected chi connectivity index (χ1v) is 3.61. The van der Waals surface area contributed by atoms with E-state index in [1.807, 2.05) is 7.85 Å². The summed E-state index contributed by atoms with van der Waals surface area (Å²) in [5.74, 6) is 0. The van der Waals surface area contributed by atoms with Crippen molar-refractivity contribution in [1.29, 1.82) is 0 Å². The average Bonchev–Trinajstić information content (AvgIpc) is 2.35. The molecular weight excluding hydrogens is 160 g/mol. The first-order chi connectivity index (χ1) is 5.29. The molecule has 0 saturated carbocycles. The molecule has 2 heterocycles. The van der Waals surface area contributed by atoms with E-state index < -0.39 is 0 Å². The minimum Gasteiger partial charge on any atom is -0.238 e. The summed E-state index contributed by atoms with van der Waals surface area (Å²) in [6.45, 7) is 0. The normalized spacial score (nSPS) is 10.6. The molecule has 0 aromatic carbocycles. The van der Waals surface area contributed by atoms with Gasteiger partial charge in [-0.3, -0.25) is 0 Å². The lowest BCUT2D eigenvalue weighted by molar-refractivity contribution is 0.940. The standard InChI is InChI=1S/C6H5BClN3/c7-4-3-10-11-5(8)1-2-9-6(4)11/h1-3H,7H2. The highest BCUT2D eigenvalue weighted by Crippen LogP contribution is 2.06. The van der Waals surface area contributed by atoms with Crippen LogP contribution in [0.3, 0.4) is 0 Å². The van der Waals surface area contributed by atoms with Gasteiger partial charge in [0.25, 0.3) is 0 Å². The summed E-state index contributed by atoms with van der Waals surface area (Å²) in [7, 11) is 1.95. The second kappa shape index (κ2) is 2.24. The second-order valence-corrected chi connectivity index (χ2v) is 2.72. The Morgan fingerprint density at radius 2 is 2.36 bits per heavy atom. The number of hydrogen-bond donors (Lipinski definition) is 0. The second-order valence-electron chi connectivity index (χ2n) is 2.33. The zero-order valence-corrected chi connectivity index (χ0v) is 6.71. The molecule has 0 aliphatic carbocycles. The smallest absolute Gasteiger partial charge is 0.150 e. The summed E-state index contributed by atoms with van der Waals surface area (Å²) in [5.41, 5.74) is 1.85. The zero-order chi connectivity index (χ0) is 7.84. The van der Waals surface area contributed by atoms with Crippen LogP contribution in [0.25, 0.3) is 5.65 Å². The molecule has 0 aliphatic rings. The van der Waals surface area contributed by atoms with E-state index in [0.29, 0.717) is 5.15 Å². The van der Waals surface area contributed by atoms with Gasteiger partial charge >= 0.3 is 0 Å². The van der Waals surface area contributed by atoms with E-state index in [0.717, 1.165) is 11.1 Å². The predicted octanol–water partition coefficient (Wildman–Crippen LogP) is -0.359. The Bertz CT molecular complexity index is 398. The Balaban J connectivity index is 2.94. The molecule has 2 rings (SSSR count). The fraction of sp³-hybridized carbons (Fsp3) is 0. The number of hydrogen-bond acceptors (Lipinski definition) is 2. The molecule has 0 atom stereocenters. The van der Waals surface area contributed by atoms with E-state index >= 15 is 0 Å². The summed E-state index contributed by atoms with van der Waals surface area (Å²) >= 11 is 5.83. The van der Waals surface area contributed by atoms with Gasteiger partial charge in [0.15, 0.2) is 0 Å². The lowest BCUT2D eigenvalue weighted by Crippen LogP contribution is -2.02. The highest BCUT2D eigenvalue weighted by atomic mass is 35.5. The number of halogens is 1. The molecule has 0 unspecified atom stereocenters. The van der Waals surface area contributed by atoms with Gasteiger partial charge in [-0.1, -0.05) is 11.6 Å².